The van der Waals surface area contributed by atoms with E-state index in [2.05, 4.69) is 20.3 Å². The van der Waals surface area contributed by atoms with Crippen LogP contribution in [0.15, 0.2) is 11.1 Å². The van der Waals surface area contributed by atoms with Crippen LogP contribution in [0.1, 0.15) is 44.8 Å². The number of aromatic amines is 1. The first kappa shape index (κ1) is 20.3. The lowest BCUT2D eigenvalue weighted by molar-refractivity contribution is -0.140. The first-order valence-corrected chi connectivity index (χ1v) is 11.3. The SMILES string of the molecule is O=C(Nc1nc2c(ncn2C2OC(CO)C(O)C2O)c(=O)[nH]1)C12CC3CC(CC(C3)C1)C2. The normalized spacial score (nSPS) is 40.3. The Morgan fingerprint density at radius 1 is 1.19 bits per heavy atom. The van der Waals surface area contributed by atoms with Crippen molar-refractivity contribution in [3.8, 4) is 0 Å². The summed E-state index contributed by atoms with van der Waals surface area (Å²) in [6, 6.07) is 0. The summed E-state index contributed by atoms with van der Waals surface area (Å²) in [4.78, 5) is 37.0. The van der Waals surface area contributed by atoms with E-state index >= 15 is 0 Å². The number of nitrogens with zero attached hydrogens (tertiary/aromatic N) is 3. The second kappa shape index (κ2) is 7.08. The van der Waals surface area contributed by atoms with E-state index in [4.69, 9.17) is 4.74 Å². The van der Waals surface area contributed by atoms with Crippen molar-refractivity contribution in [2.24, 2.45) is 23.2 Å². The number of hydrogen-bond donors (Lipinski definition) is 5. The highest BCUT2D eigenvalue weighted by atomic mass is 16.6. The molecule has 2 aromatic heterocycles. The topological polar surface area (TPSA) is 163 Å². The number of carbonyl (C=O) groups excluding carboxylic acids is 1. The molecule has 5 N–H and O–H groups in total. The molecule has 4 bridgehead atoms. The Kier molecular flexibility index (Phi) is 4.49. The number of anilines is 1. The van der Waals surface area contributed by atoms with Gasteiger partial charge in [-0.2, -0.15) is 4.98 Å². The molecule has 4 saturated carbocycles. The van der Waals surface area contributed by atoms with Gasteiger partial charge in [-0.25, -0.2) is 4.98 Å². The zero-order valence-electron chi connectivity index (χ0n) is 17.5. The molecule has 1 amide bonds. The number of aliphatic hydroxyl groups excluding tert-OH is 3. The molecule has 0 spiro atoms. The minimum absolute atomic E-state index is 0.0236. The first-order valence-electron chi connectivity index (χ1n) is 11.3. The number of ether oxygens (including phenoxy) is 1. The second-order valence-corrected chi connectivity index (χ2v) is 10.1. The van der Waals surface area contributed by atoms with Crippen molar-refractivity contribution in [1.82, 2.24) is 19.5 Å². The number of rotatable bonds is 4. The fourth-order valence-corrected chi connectivity index (χ4v) is 6.91. The van der Waals surface area contributed by atoms with Crippen LogP contribution in [-0.2, 0) is 9.53 Å². The Hall–Kier alpha value is -2.34. The number of nitrogens with one attached hydrogen (secondary N) is 2. The van der Waals surface area contributed by atoms with Gasteiger partial charge < -0.3 is 20.1 Å². The number of amides is 1. The number of H-pyrrole nitrogens is 1. The predicted octanol–water partition coefficient (Wildman–Crippen LogP) is -0.114. The summed E-state index contributed by atoms with van der Waals surface area (Å²) in [6.07, 6.45) is 2.94. The van der Waals surface area contributed by atoms with Gasteiger partial charge in [0, 0.05) is 0 Å². The predicted molar refractivity (Wildman–Crippen MR) is 110 cm³/mol. The van der Waals surface area contributed by atoms with Gasteiger partial charge >= 0.3 is 0 Å². The Morgan fingerprint density at radius 2 is 1.84 bits per heavy atom. The van der Waals surface area contributed by atoms with Crippen LogP contribution in [0.4, 0.5) is 5.95 Å². The van der Waals surface area contributed by atoms with Gasteiger partial charge in [-0.3, -0.25) is 24.5 Å². The summed E-state index contributed by atoms with van der Waals surface area (Å²) in [5, 5.41) is 32.6. The standard InChI is InChI=1S/C21H27N5O6/c27-7-12-14(28)15(29)18(32-12)26-8-22-13-16(26)23-20(24-17(13)30)25-19(31)21-4-9-1-10(5-21)3-11(2-9)6-21/h8-12,14-15,18,27-29H,1-7H2,(H2,23,24,25,30,31). The van der Waals surface area contributed by atoms with E-state index < -0.39 is 42.1 Å². The number of carbonyl (C=O) groups is 1. The number of hydrogen-bond acceptors (Lipinski definition) is 8. The number of aromatic nitrogens is 4. The minimum Gasteiger partial charge on any atom is -0.394 e. The monoisotopic (exact) mass is 445 g/mol. The van der Waals surface area contributed by atoms with Gasteiger partial charge in [-0.15, -0.1) is 0 Å². The molecule has 32 heavy (non-hydrogen) atoms. The molecule has 4 unspecified atom stereocenters. The number of imidazole rings is 1. The maximum absolute atomic E-state index is 13.3. The van der Waals surface area contributed by atoms with E-state index in [1.165, 1.54) is 30.2 Å². The molecule has 11 nitrogen and oxygen atoms in total. The third kappa shape index (κ3) is 2.95. The molecule has 1 saturated heterocycles. The van der Waals surface area contributed by atoms with Crippen molar-refractivity contribution < 1.29 is 24.9 Å². The van der Waals surface area contributed by atoms with Crippen molar-refractivity contribution in [3.63, 3.8) is 0 Å². The Labute approximate surface area is 182 Å². The summed E-state index contributed by atoms with van der Waals surface area (Å²) in [5.41, 5.74) is -0.785. The lowest BCUT2D eigenvalue weighted by atomic mass is 9.49. The average Bonchev–Trinajstić information content (AvgIpc) is 3.28. The van der Waals surface area contributed by atoms with Gasteiger partial charge in [0.1, 0.15) is 18.3 Å². The fraction of sp³-hybridized carbons (Fsp3) is 0.714. The van der Waals surface area contributed by atoms with Gasteiger partial charge in [-0.05, 0) is 56.3 Å². The third-order valence-corrected chi connectivity index (χ3v) is 7.98. The van der Waals surface area contributed by atoms with Crippen LogP contribution in [-0.4, -0.2) is 65.7 Å². The van der Waals surface area contributed by atoms with Crippen LogP contribution in [0, 0.1) is 23.2 Å². The van der Waals surface area contributed by atoms with Crippen LogP contribution in [0.5, 0.6) is 0 Å². The molecule has 172 valence electrons. The van der Waals surface area contributed by atoms with Crippen molar-refractivity contribution >= 4 is 23.0 Å². The Balaban J connectivity index is 1.31. The lowest BCUT2D eigenvalue weighted by Crippen LogP contribution is -2.52. The van der Waals surface area contributed by atoms with Crippen LogP contribution >= 0.6 is 0 Å². The number of aliphatic hydroxyl groups is 3. The van der Waals surface area contributed by atoms with Gasteiger partial charge in [-0.1, -0.05) is 0 Å². The van der Waals surface area contributed by atoms with E-state index in [0.717, 1.165) is 19.3 Å². The smallest absolute Gasteiger partial charge is 0.280 e. The summed E-state index contributed by atoms with van der Waals surface area (Å²) < 4.78 is 6.89. The first-order chi connectivity index (χ1) is 15.4. The van der Waals surface area contributed by atoms with Crippen LogP contribution in [0.25, 0.3) is 11.2 Å². The average molecular weight is 445 g/mol. The minimum atomic E-state index is -1.34. The van der Waals surface area contributed by atoms with Crippen molar-refractivity contribution in [1.29, 1.82) is 0 Å². The largest absolute Gasteiger partial charge is 0.394 e. The lowest BCUT2D eigenvalue weighted by Gasteiger charge is -2.55. The molecule has 4 aliphatic carbocycles. The van der Waals surface area contributed by atoms with Crippen molar-refractivity contribution in [2.45, 2.75) is 63.1 Å². The highest BCUT2D eigenvalue weighted by Gasteiger charge is 2.54. The maximum Gasteiger partial charge on any atom is 0.280 e. The Bertz CT molecular complexity index is 1090. The number of fused-ring (bicyclic) bond motifs is 1. The quantitative estimate of drug-likeness (QED) is 0.435. The van der Waals surface area contributed by atoms with E-state index in [0.29, 0.717) is 17.8 Å². The molecule has 3 heterocycles. The maximum atomic E-state index is 13.3. The second-order valence-electron chi connectivity index (χ2n) is 10.1. The van der Waals surface area contributed by atoms with E-state index in [1.54, 1.807) is 0 Å². The molecule has 1 aliphatic heterocycles. The van der Waals surface area contributed by atoms with E-state index in [-0.39, 0.29) is 23.0 Å². The molecule has 4 atom stereocenters. The van der Waals surface area contributed by atoms with Crippen molar-refractivity contribution in [2.75, 3.05) is 11.9 Å². The molecule has 0 aromatic carbocycles. The van der Waals surface area contributed by atoms with E-state index in [1.807, 2.05) is 0 Å². The molecule has 7 rings (SSSR count). The molecule has 11 heteroatoms. The summed E-state index contributed by atoms with van der Waals surface area (Å²) >= 11 is 0. The van der Waals surface area contributed by atoms with Gasteiger partial charge in [0.2, 0.25) is 11.9 Å². The molecule has 5 aliphatic rings. The van der Waals surface area contributed by atoms with E-state index in [9.17, 15) is 24.9 Å². The highest BCUT2D eigenvalue weighted by Crippen LogP contribution is 2.60. The fourth-order valence-electron chi connectivity index (χ4n) is 6.91. The Morgan fingerprint density at radius 3 is 2.44 bits per heavy atom. The zero-order chi connectivity index (χ0) is 22.2. The molecule has 0 radical (unpaired) electrons. The molecular weight excluding hydrogens is 418 g/mol. The zero-order valence-corrected chi connectivity index (χ0v) is 17.5. The van der Waals surface area contributed by atoms with Gasteiger partial charge in [0.15, 0.2) is 17.4 Å². The van der Waals surface area contributed by atoms with Crippen LogP contribution < -0.4 is 10.9 Å². The van der Waals surface area contributed by atoms with Gasteiger partial charge in [0.25, 0.3) is 5.56 Å². The van der Waals surface area contributed by atoms with Crippen molar-refractivity contribution in [3.05, 3.63) is 16.7 Å². The summed E-state index contributed by atoms with van der Waals surface area (Å²) in [7, 11) is 0. The van der Waals surface area contributed by atoms with Crippen LogP contribution in [0.2, 0.25) is 0 Å². The summed E-state index contributed by atoms with van der Waals surface area (Å²) in [6.45, 7) is -0.470. The van der Waals surface area contributed by atoms with Crippen LogP contribution in [0.3, 0.4) is 0 Å². The molecular formula is C21H27N5O6. The third-order valence-electron chi connectivity index (χ3n) is 7.98. The molecule has 2 aromatic rings. The molecule has 5 fully saturated rings. The summed E-state index contributed by atoms with van der Waals surface area (Å²) in [5.74, 6) is 1.74. The van der Waals surface area contributed by atoms with Gasteiger partial charge in [0.05, 0.1) is 18.3 Å². The highest BCUT2D eigenvalue weighted by molar-refractivity contribution is 5.94.